The molecule has 0 bridgehead atoms. The zero-order chi connectivity index (χ0) is 19.1. The van der Waals surface area contributed by atoms with E-state index in [2.05, 4.69) is 20.2 Å². The van der Waals surface area contributed by atoms with Crippen molar-refractivity contribution >= 4 is 36.7 Å². The van der Waals surface area contributed by atoms with Crippen molar-refractivity contribution in [3.05, 3.63) is 24.3 Å². The van der Waals surface area contributed by atoms with Gasteiger partial charge in [-0.2, -0.15) is 0 Å². The van der Waals surface area contributed by atoms with Gasteiger partial charge in [0.1, 0.15) is 6.61 Å². The highest BCUT2D eigenvalue weighted by Crippen LogP contribution is 2.21. The standard InChI is InChI=1S/C18H26FN5O3.2ClH/c19-7-13(8-20)11-26-16-9-22-18(23-10-16)24-5-2-15(3-6-24)27-12-14-1-4-21-17(14)25;;/h7,9-10,14-15H,1-6,8,11-12,20H2,(H,21,25);2*1H/b13-7+;;. The van der Waals surface area contributed by atoms with Gasteiger partial charge in [-0.15, -0.1) is 24.8 Å². The Labute approximate surface area is 182 Å². The van der Waals surface area contributed by atoms with Crippen molar-refractivity contribution in [3.63, 3.8) is 0 Å². The van der Waals surface area contributed by atoms with Gasteiger partial charge in [-0.25, -0.2) is 14.4 Å². The SMILES string of the molecule is Cl.Cl.NC/C(=C\F)COc1cnc(N2CCC(OCC3CCNC3=O)CC2)nc1. The van der Waals surface area contributed by atoms with Crippen molar-refractivity contribution in [1.29, 1.82) is 0 Å². The first-order chi connectivity index (χ1) is 13.2. The summed E-state index contributed by atoms with van der Waals surface area (Å²) in [6.07, 6.45) is 6.38. The Balaban J connectivity index is 0.00000210. The molecule has 0 spiro atoms. The van der Waals surface area contributed by atoms with Crippen LogP contribution in [0.1, 0.15) is 19.3 Å². The lowest BCUT2D eigenvalue weighted by Crippen LogP contribution is -2.38. The number of aromatic nitrogens is 2. The molecular formula is C18H28Cl2FN5O3. The van der Waals surface area contributed by atoms with E-state index in [1.54, 1.807) is 12.4 Å². The molecule has 1 aromatic rings. The highest BCUT2D eigenvalue weighted by atomic mass is 35.5. The number of piperidine rings is 1. The number of anilines is 1. The van der Waals surface area contributed by atoms with Gasteiger partial charge in [0.15, 0.2) is 5.75 Å². The van der Waals surface area contributed by atoms with Crippen molar-refractivity contribution < 1.29 is 18.7 Å². The second-order valence-corrected chi connectivity index (χ2v) is 6.78. The average Bonchev–Trinajstić information content (AvgIpc) is 3.13. The number of nitrogens with zero attached hydrogens (tertiary/aromatic N) is 3. The fraction of sp³-hybridized carbons (Fsp3) is 0.611. The number of carbonyl (C=O) groups is 1. The third-order valence-electron chi connectivity index (χ3n) is 4.88. The van der Waals surface area contributed by atoms with Gasteiger partial charge in [-0.3, -0.25) is 4.79 Å². The van der Waals surface area contributed by atoms with E-state index in [-0.39, 0.29) is 55.9 Å². The third-order valence-corrected chi connectivity index (χ3v) is 4.88. The zero-order valence-corrected chi connectivity index (χ0v) is 17.7. The molecule has 3 rings (SSSR count). The van der Waals surface area contributed by atoms with Gasteiger partial charge < -0.3 is 25.4 Å². The zero-order valence-electron chi connectivity index (χ0n) is 16.1. The third kappa shape index (κ3) is 7.26. The Morgan fingerprint density at radius 3 is 2.52 bits per heavy atom. The molecule has 2 fully saturated rings. The van der Waals surface area contributed by atoms with Crippen LogP contribution in [0.4, 0.5) is 10.3 Å². The number of hydrogen-bond acceptors (Lipinski definition) is 7. The summed E-state index contributed by atoms with van der Waals surface area (Å²) in [5.41, 5.74) is 5.76. The lowest BCUT2D eigenvalue weighted by Gasteiger charge is -2.32. The first-order valence-electron chi connectivity index (χ1n) is 9.27. The Morgan fingerprint density at radius 1 is 1.28 bits per heavy atom. The van der Waals surface area contributed by atoms with E-state index in [1.165, 1.54) is 0 Å². The number of nitrogens with two attached hydrogens (primary N) is 1. The van der Waals surface area contributed by atoms with E-state index in [4.69, 9.17) is 15.2 Å². The van der Waals surface area contributed by atoms with Crippen molar-refractivity contribution in [3.8, 4) is 5.75 Å². The number of carbonyl (C=O) groups excluding carboxylic acids is 1. The number of nitrogens with one attached hydrogen (secondary N) is 1. The molecule has 164 valence electrons. The number of rotatable bonds is 8. The second kappa shape index (κ2) is 12.8. The van der Waals surface area contributed by atoms with E-state index < -0.39 is 0 Å². The lowest BCUT2D eigenvalue weighted by molar-refractivity contribution is -0.125. The monoisotopic (exact) mass is 451 g/mol. The van der Waals surface area contributed by atoms with Gasteiger partial charge in [0.25, 0.3) is 0 Å². The molecule has 2 aliphatic rings. The first-order valence-corrected chi connectivity index (χ1v) is 9.27. The van der Waals surface area contributed by atoms with Crippen LogP contribution in [0.25, 0.3) is 0 Å². The molecule has 1 amide bonds. The summed E-state index contributed by atoms with van der Waals surface area (Å²) in [7, 11) is 0. The van der Waals surface area contributed by atoms with Crippen LogP contribution in [-0.2, 0) is 9.53 Å². The van der Waals surface area contributed by atoms with Crippen LogP contribution < -0.4 is 20.7 Å². The van der Waals surface area contributed by atoms with Crippen molar-refractivity contribution in [2.24, 2.45) is 11.7 Å². The molecule has 1 aromatic heterocycles. The van der Waals surface area contributed by atoms with Gasteiger partial charge in [-0.05, 0) is 19.3 Å². The van der Waals surface area contributed by atoms with Crippen LogP contribution in [0, 0.1) is 5.92 Å². The largest absolute Gasteiger partial charge is 0.486 e. The quantitative estimate of drug-likeness (QED) is 0.618. The Kier molecular flexibility index (Phi) is 11.2. The molecule has 2 aliphatic heterocycles. The predicted molar refractivity (Wildman–Crippen MR) is 113 cm³/mol. The molecular weight excluding hydrogens is 424 g/mol. The van der Waals surface area contributed by atoms with E-state index in [9.17, 15) is 9.18 Å². The maximum Gasteiger partial charge on any atom is 0.225 e. The number of halogens is 3. The molecule has 29 heavy (non-hydrogen) atoms. The minimum Gasteiger partial charge on any atom is -0.486 e. The van der Waals surface area contributed by atoms with Crippen molar-refractivity contribution in [2.45, 2.75) is 25.4 Å². The average molecular weight is 452 g/mol. The maximum absolute atomic E-state index is 12.5. The summed E-state index contributed by atoms with van der Waals surface area (Å²) >= 11 is 0. The van der Waals surface area contributed by atoms with E-state index in [1.807, 2.05) is 0 Å². The van der Waals surface area contributed by atoms with Crippen LogP contribution in [-0.4, -0.2) is 61.4 Å². The highest BCUT2D eigenvalue weighted by molar-refractivity contribution is 5.85. The molecule has 3 heterocycles. The van der Waals surface area contributed by atoms with Crippen molar-refractivity contribution in [2.75, 3.05) is 44.3 Å². The van der Waals surface area contributed by atoms with Gasteiger partial charge in [-0.1, -0.05) is 0 Å². The molecule has 0 aromatic carbocycles. The predicted octanol–water partition coefficient (Wildman–Crippen LogP) is 1.63. The maximum atomic E-state index is 12.5. The topological polar surface area (TPSA) is 103 Å². The van der Waals surface area contributed by atoms with Gasteiger partial charge >= 0.3 is 0 Å². The Hall–Kier alpha value is -1.68. The summed E-state index contributed by atoms with van der Waals surface area (Å²) in [5.74, 6) is 1.20. The van der Waals surface area contributed by atoms with Gasteiger partial charge in [0.05, 0.1) is 37.4 Å². The van der Waals surface area contributed by atoms with E-state index >= 15 is 0 Å². The molecule has 2 saturated heterocycles. The molecule has 1 atom stereocenters. The smallest absolute Gasteiger partial charge is 0.225 e. The van der Waals surface area contributed by atoms with E-state index in [0.29, 0.717) is 30.2 Å². The molecule has 0 aliphatic carbocycles. The number of amides is 1. The number of hydrogen-bond donors (Lipinski definition) is 2. The molecule has 11 heteroatoms. The van der Waals surface area contributed by atoms with Crippen LogP contribution >= 0.6 is 24.8 Å². The van der Waals surface area contributed by atoms with Crippen LogP contribution in [0.15, 0.2) is 24.3 Å². The summed E-state index contributed by atoms with van der Waals surface area (Å²) in [4.78, 5) is 22.3. The van der Waals surface area contributed by atoms with Gasteiger partial charge in [0, 0.05) is 31.8 Å². The normalized spacial score (nSPS) is 19.9. The fourth-order valence-electron chi connectivity index (χ4n) is 3.14. The summed E-state index contributed by atoms with van der Waals surface area (Å²) in [5, 5.41) is 2.83. The summed E-state index contributed by atoms with van der Waals surface area (Å²) < 4.78 is 23.8. The van der Waals surface area contributed by atoms with E-state index in [0.717, 1.165) is 38.9 Å². The van der Waals surface area contributed by atoms with Gasteiger partial charge in [0.2, 0.25) is 11.9 Å². The van der Waals surface area contributed by atoms with Crippen LogP contribution in [0.5, 0.6) is 5.75 Å². The Bertz CT molecular complexity index is 657. The first kappa shape index (κ1) is 25.4. The van der Waals surface area contributed by atoms with Crippen molar-refractivity contribution in [1.82, 2.24) is 15.3 Å². The molecule has 3 N–H and O–H groups in total. The molecule has 8 nitrogen and oxygen atoms in total. The molecule has 1 unspecified atom stereocenters. The minimum atomic E-state index is -0.00839. The summed E-state index contributed by atoms with van der Waals surface area (Å²) in [6.45, 7) is 3.03. The minimum absolute atomic E-state index is 0. The van der Waals surface area contributed by atoms with Crippen LogP contribution in [0.2, 0.25) is 0 Å². The number of ether oxygens (including phenoxy) is 2. The van der Waals surface area contributed by atoms with Crippen LogP contribution in [0.3, 0.4) is 0 Å². The summed E-state index contributed by atoms with van der Waals surface area (Å²) in [6, 6.07) is 0. The molecule has 0 radical (unpaired) electrons. The highest BCUT2D eigenvalue weighted by Gasteiger charge is 2.27. The second-order valence-electron chi connectivity index (χ2n) is 6.78. The lowest BCUT2D eigenvalue weighted by atomic mass is 10.1. The molecule has 0 saturated carbocycles. The fourth-order valence-corrected chi connectivity index (χ4v) is 3.14. The Morgan fingerprint density at radius 2 is 1.97 bits per heavy atom.